The number of benzene rings is 2. The van der Waals surface area contributed by atoms with Gasteiger partial charge in [0.25, 0.3) is 0 Å². The molecule has 1 aromatic heterocycles. The van der Waals surface area contributed by atoms with Gasteiger partial charge in [-0.25, -0.2) is 4.98 Å². The summed E-state index contributed by atoms with van der Waals surface area (Å²) in [5.41, 5.74) is 1.97. The third kappa shape index (κ3) is 3.31. The van der Waals surface area contributed by atoms with Crippen LogP contribution in [-0.2, 0) is 0 Å². The second kappa shape index (κ2) is 6.39. The second-order valence-corrected chi connectivity index (χ2v) is 5.09. The van der Waals surface area contributed by atoms with E-state index in [1.807, 2.05) is 55.5 Å². The normalized spacial score (nSPS) is 12.1. The molecule has 114 valence electrons. The number of aromatic nitrogens is 2. The number of rotatable bonds is 6. The van der Waals surface area contributed by atoms with Crippen LogP contribution in [0.2, 0.25) is 0 Å². The standard InChI is InChI=1S/C17H19N3O2/c1-12(22-14-7-5-6-13(10-14)21-2)11-18-17-19-15-8-3-4-9-16(15)20-17/h3-10,12H,11H2,1-2H3,(H2,18,19,20). The Balaban J connectivity index is 1.58. The van der Waals surface area contributed by atoms with Crippen LogP contribution in [0.15, 0.2) is 48.5 Å². The average molecular weight is 297 g/mol. The lowest BCUT2D eigenvalue weighted by Gasteiger charge is -2.15. The topological polar surface area (TPSA) is 59.2 Å². The Kier molecular flexibility index (Phi) is 4.14. The highest BCUT2D eigenvalue weighted by Gasteiger charge is 2.07. The minimum atomic E-state index is 0.000295. The van der Waals surface area contributed by atoms with Crippen molar-refractivity contribution in [2.75, 3.05) is 19.0 Å². The molecule has 0 radical (unpaired) electrons. The number of methoxy groups -OCH3 is 1. The van der Waals surface area contributed by atoms with Gasteiger partial charge < -0.3 is 19.8 Å². The summed E-state index contributed by atoms with van der Waals surface area (Å²) >= 11 is 0. The van der Waals surface area contributed by atoms with Crippen LogP contribution < -0.4 is 14.8 Å². The van der Waals surface area contributed by atoms with E-state index in [0.29, 0.717) is 6.54 Å². The zero-order valence-electron chi connectivity index (χ0n) is 12.7. The molecule has 2 N–H and O–H groups in total. The van der Waals surface area contributed by atoms with E-state index < -0.39 is 0 Å². The summed E-state index contributed by atoms with van der Waals surface area (Å²) in [5.74, 6) is 2.33. The molecule has 3 rings (SSSR count). The lowest BCUT2D eigenvalue weighted by atomic mass is 10.3. The Bertz CT molecular complexity index is 721. The minimum Gasteiger partial charge on any atom is -0.497 e. The van der Waals surface area contributed by atoms with Crippen LogP contribution >= 0.6 is 0 Å². The highest BCUT2D eigenvalue weighted by atomic mass is 16.5. The molecule has 0 amide bonds. The number of H-pyrrole nitrogens is 1. The van der Waals surface area contributed by atoms with Crippen LogP contribution in [0.25, 0.3) is 11.0 Å². The number of fused-ring (bicyclic) bond motifs is 1. The molecule has 5 heteroatoms. The molecule has 1 heterocycles. The number of anilines is 1. The van der Waals surface area contributed by atoms with E-state index >= 15 is 0 Å². The van der Waals surface area contributed by atoms with E-state index in [4.69, 9.17) is 9.47 Å². The van der Waals surface area contributed by atoms with Crippen LogP contribution in [0, 0.1) is 0 Å². The molecule has 0 saturated heterocycles. The third-order valence-electron chi connectivity index (χ3n) is 3.32. The Hall–Kier alpha value is -2.69. The second-order valence-electron chi connectivity index (χ2n) is 5.09. The van der Waals surface area contributed by atoms with Gasteiger partial charge in [-0.05, 0) is 31.2 Å². The molecular weight excluding hydrogens is 278 g/mol. The zero-order chi connectivity index (χ0) is 15.4. The number of hydrogen-bond donors (Lipinski definition) is 2. The summed E-state index contributed by atoms with van der Waals surface area (Å²) in [6.07, 6.45) is 0.000295. The van der Waals surface area contributed by atoms with E-state index in [9.17, 15) is 0 Å². The van der Waals surface area contributed by atoms with Crippen molar-refractivity contribution in [3.8, 4) is 11.5 Å². The fourth-order valence-electron chi connectivity index (χ4n) is 2.23. The molecule has 0 fully saturated rings. The van der Waals surface area contributed by atoms with Crippen molar-refractivity contribution in [3.63, 3.8) is 0 Å². The van der Waals surface area contributed by atoms with Gasteiger partial charge in [0, 0.05) is 6.07 Å². The van der Waals surface area contributed by atoms with E-state index in [-0.39, 0.29) is 6.10 Å². The maximum atomic E-state index is 5.87. The number of hydrogen-bond acceptors (Lipinski definition) is 4. The first kappa shape index (κ1) is 14.3. The largest absolute Gasteiger partial charge is 0.497 e. The van der Waals surface area contributed by atoms with Crippen molar-refractivity contribution in [1.29, 1.82) is 0 Å². The van der Waals surface area contributed by atoms with E-state index in [1.165, 1.54) is 0 Å². The first-order valence-corrected chi connectivity index (χ1v) is 7.24. The fourth-order valence-corrected chi connectivity index (χ4v) is 2.23. The van der Waals surface area contributed by atoms with Crippen LogP contribution in [0.4, 0.5) is 5.95 Å². The summed E-state index contributed by atoms with van der Waals surface area (Å²) in [4.78, 5) is 7.71. The Morgan fingerprint density at radius 1 is 1.14 bits per heavy atom. The third-order valence-corrected chi connectivity index (χ3v) is 3.32. The van der Waals surface area contributed by atoms with Gasteiger partial charge in [0.1, 0.15) is 17.6 Å². The Morgan fingerprint density at radius 2 is 1.95 bits per heavy atom. The summed E-state index contributed by atoms with van der Waals surface area (Å²) in [7, 11) is 1.64. The SMILES string of the molecule is COc1cccc(OC(C)CNc2nc3ccccc3[nH]2)c1. The van der Waals surface area contributed by atoms with Gasteiger partial charge >= 0.3 is 0 Å². The number of imidazole rings is 1. The van der Waals surface area contributed by atoms with Crippen LogP contribution in [0.1, 0.15) is 6.92 Å². The molecule has 0 bridgehead atoms. The van der Waals surface area contributed by atoms with Crippen molar-refractivity contribution < 1.29 is 9.47 Å². The molecule has 22 heavy (non-hydrogen) atoms. The number of para-hydroxylation sites is 2. The summed E-state index contributed by atoms with van der Waals surface area (Å²) < 4.78 is 11.1. The first-order chi connectivity index (χ1) is 10.7. The fraction of sp³-hybridized carbons (Fsp3) is 0.235. The summed E-state index contributed by atoms with van der Waals surface area (Å²) in [6.45, 7) is 2.66. The van der Waals surface area contributed by atoms with Gasteiger partial charge in [-0.2, -0.15) is 0 Å². The molecular formula is C17H19N3O2. The van der Waals surface area contributed by atoms with Crippen LogP contribution in [0.5, 0.6) is 11.5 Å². The molecule has 1 unspecified atom stereocenters. The molecule has 0 aliphatic heterocycles. The molecule has 1 atom stereocenters. The quantitative estimate of drug-likeness (QED) is 0.731. The predicted molar refractivity (Wildman–Crippen MR) is 87.7 cm³/mol. The minimum absolute atomic E-state index is 0.000295. The molecule has 3 aromatic rings. The van der Waals surface area contributed by atoms with Crippen molar-refractivity contribution in [3.05, 3.63) is 48.5 Å². The van der Waals surface area contributed by atoms with Gasteiger partial charge in [-0.15, -0.1) is 0 Å². The molecule has 2 aromatic carbocycles. The number of nitrogens with one attached hydrogen (secondary N) is 2. The summed E-state index contributed by atoms with van der Waals surface area (Å²) in [5, 5.41) is 3.26. The molecule has 5 nitrogen and oxygen atoms in total. The average Bonchev–Trinajstić information content (AvgIpc) is 2.96. The highest BCUT2D eigenvalue weighted by molar-refractivity contribution is 5.77. The maximum absolute atomic E-state index is 5.87. The zero-order valence-corrected chi connectivity index (χ0v) is 12.7. The number of aromatic amines is 1. The first-order valence-electron chi connectivity index (χ1n) is 7.24. The molecule has 0 aliphatic rings. The monoisotopic (exact) mass is 297 g/mol. The number of nitrogens with zero attached hydrogens (tertiary/aromatic N) is 1. The smallest absolute Gasteiger partial charge is 0.201 e. The predicted octanol–water partition coefficient (Wildman–Crippen LogP) is 3.45. The maximum Gasteiger partial charge on any atom is 0.201 e. The van der Waals surface area contributed by atoms with Crippen molar-refractivity contribution in [2.24, 2.45) is 0 Å². The van der Waals surface area contributed by atoms with Gasteiger partial charge in [0.15, 0.2) is 0 Å². The van der Waals surface area contributed by atoms with Crippen molar-refractivity contribution in [1.82, 2.24) is 9.97 Å². The number of ether oxygens (including phenoxy) is 2. The van der Waals surface area contributed by atoms with Crippen LogP contribution in [-0.4, -0.2) is 29.7 Å². The van der Waals surface area contributed by atoms with Gasteiger partial charge in [-0.3, -0.25) is 0 Å². The van der Waals surface area contributed by atoms with E-state index in [0.717, 1.165) is 28.5 Å². The molecule has 0 saturated carbocycles. The highest BCUT2D eigenvalue weighted by Crippen LogP contribution is 2.20. The lowest BCUT2D eigenvalue weighted by molar-refractivity contribution is 0.233. The van der Waals surface area contributed by atoms with Crippen molar-refractivity contribution in [2.45, 2.75) is 13.0 Å². The van der Waals surface area contributed by atoms with Gasteiger partial charge in [0.05, 0.1) is 24.7 Å². The lowest BCUT2D eigenvalue weighted by Crippen LogP contribution is -2.23. The van der Waals surface area contributed by atoms with Crippen molar-refractivity contribution >= 4 is 17.0 Å². The van der Waals surface area contributed by atoms with Gasteiger partial charge in [0.2, 0.25) is 5.95 Å². The molecule has 0 aliphatic carbocycles. The Labute approximate surface area is 129 Å². The Morgan fingerprint density at radius 3 is 2.77 bits per heavy atom. The van der Waals surface area contributed by atoms with Gasteiger partial charge in [-0.1, -0.05) is 18.2 Å². The summed E-state index contributed by atoms with van der Waals surface area (Å²) in [6, 6.07) is 15.5. The molecule has 0 spiro atoms. The van der Waals surface area contributed by atoms with Crippen LogP contribution in [0.3, 0.4) is 0 Å². The van der Waals surface area contributed by atoms with E-state index in [1.54, 1.807) is 7.11 Å². The van der Waals surface area contributed by atoms with E-state index in [2.05, 4.69) is 15.3 Å².